The fraction of sp³-hybridized carbons (Fsp3) is 0.308. The fourth-order valence-electron chi connectivity index (χ4n) is 4.36. The molecule has 0 spiro atoms. The van der Waals surface area contributed by atoms with E-state index in [1.807, 2.05) is 26.0 Å². The molecule has 1 aliphatic heterocycles. The molecule has 2 atom stereocenters. The van der Waals surface area contributed by atoms with Gasteiger partial charge in [-0.3, -0.25) is 19.3 Å². The second kappa shape index (κ2) is 11.1. The van der Waals surface area contributed by atoms with E-state index in [1.54, 1.807) is 6.07 Å². The number of nitrogen functional groups attached to an aromatic ring is 1. The molecule has 1 aliphatic rings. The maximum Gasteiger partial charge on any atom is 0.273 e. The summed E-state index contributed by atoms with van der Waals surface area (Å²) in [6.45, 7) is 4.62. The summed E-state index contributed by atoms with van der Waals surface area (Å²) >= 11 is 0.726. The quantitative estimate of drug-likeness (QED) is 0.412. The van der Waals surface area contributed by atoms with Crippen molar-refractivity contribution in [2.75, 3.05) is 23.8 Å². The number of nitrogens with two attached hydrogens (primary N) is 2. The van der Waals surface area contributed by atoms with Crippen molar-refractivity contribution in [2.45, 2.75) is 38.8 Å². The van der Waals surface area contributed by atoms with Crippen LogP contribution in [-0.2, 0) is 9.53 Å². The van der Waals surface area contributed by atoms with Crippen LogP contribution in [0.2, 0.25) is 0 Å². The van der Waals surface area contributed by atoms with Crippen LogP contribution >= 0.6 is 11.5 Å². The lowest BCUT2D eigenvalue weighted by molar-refractivity contribution is -0.123. The minimum absolute atomic E-state index is 0.0344. The Labute approximate surface area is 217 Å². The second-order valence-corrected chi connectivity index (χ2v) is 9.71. The molecule has 5 N–H and O–H groups in total. The van der Waals surface area contributed by atoms with Crippen molar-refractivity contribution in [3.63, 3.8) is 0 Å². The summed E-state index contributed by atoms with van der Waals surface area (Å²) in [5, 5.41) is 2.89. The van der Waals surface area contributed by atoms with Gasteiger partial charge in [0.25, 0.3) is 11.8 Å². The first-order chi connectivity index (χ1) is 17.7. The third kappa shape index (κ3) is 5.62. The van der Waals surface area contributed by atoms with Gasteiger partial charge in [0.2, 0.25) is 5.91 Å². The highest BCUT2D eigenvalue weighted by Gasteiger charge is 2.37. The zero-order valence-electron chi connectivity index (χ0n) is 20.5. The number of nitrogens with zero attached hydrogens (tertiary/aromatic N) is 2. The molecule has 1 aromatic heterocycles. The predicted octanol–water partition coefficient (Wildman–Crippen LogP) is 3.26. The third-order valence-corrected chi connectivity index (χ3v) is 7.06. The zero-order chi connectivity index (χ0) is 26.7. The SMILES string of the molecule is Cc1ccc(N(C(=O)c2snc(C(N)=O)c2N)[C@@H](C(=O)NC[C@H]2CCCO2)c2ccc(F)cc2)c(C)c1. The lowest BCUT2D eigenvalue weighted by Crippen LogP contribution is -2.46. The van der Waals surface area contributed by atoms with Crippen molar-refractivity contribution in [3.8, 4) is 0 Å². The van der Waals surface area contributed by atoms with Crippen molar-refractivity contribution in [3.05, 3.63) is 75.5 Å². The van der Waals surface area contributed by atoms with Gasteiger partial charge >= 0.3 is 0 Å². The van der Waals surface area contributed by atoms with E-state index in [9.17, 15) is 18.8 Å². The van der Waals surface area contributed by atoms with E-state index in [4.69, 9.17) is 16.2 Å². The van der Waals surface area contributed by atoms with E-state index >= 15 is 0 Å². The van der Waals surface area contributed by atoms with Crippen LogP contribution in [0.5, 0.6) is 0 Å². The molecule has 0 aliphatic carbocycles. The van der Waals surface area contributed by atoms with Crippen LogP contribution in [-0.4, -0.2) is 41.4 Å². The number of aromatic nitrogens is 1. The molecule has 4 rings (SSSR count). The molecule has 0 saturated carbocycles. The summed E-state index contributed by atoms with van der Waals surface area (Å²) in [5.41, 5.74) is 13.6. The molecule has 1 fully saturated rings. The number of carbonyl (C=O) groups is 3. The van der Waals surface area contributed by atoms with Crippen LogP contribution in [0.3, 0.4) is 0 Å². The molecule has 3 aromatic rings. The smallest absolute Gasteiger partial charge is 0.273 e. The highest BCUT2D eigenvalue weighted by atomic mass is 32.1. The minimum atomic E-state index is -1.19. The Morgan fingerprint density at radius 1 is 1.22 bits per heavy atom. The lowest BCUT2D eigenvalue weighted by Gasteiger charge is -2.32. The van der Waals surface area contributed by atoms with Gasteiger partial charge in [0.05, 0.1) is 11.8 Å². The maximum absolute atomic E-state index is 14.1. The molecule has 9 nitrogen and oxygen atoms in total. The highest BCUT2D eigenvalue weighted by Crippen LogP contribution is 2.35. The number of amides is 3. The van der Waals surface area contributed by atoms with E-state index in [2.05, 4.69) is 9.69 Å². The van der Waals surface area contributed by atoms with Gasteiger partial charge in [-0.15, -0.1) is 0 Å². The summed E-state index contributed by atoms with van der Waals surface area (Å²) in [7, 11) is 0. The number of benzene rings is 2. The van der Waals surface area contributed by atoms with E-state index < -0.39 is 29.6 Å². The van der Waals surface area contributed by atoms with Gasteiger partial charge in [-0.05, 0) is 67.5 Å². The minimum Gasteiger partial charge on any atom is -0.395 e. The molecule has 3 amide bonds. The number of anilines is 2. The van der Waals surface area contributed by atoms with Crippen molar-refractivity contribution in [1.82, 2.24) is 9.69 Å². The summed E-state index contributed by atoms with van der Waals surface area (Å²) in [4.78, 5) is 40.8. The van der Waals surface area contributed by atoms with Gasteiger partial charge in [0.1, 0.15) is 16.7 Å². The van der Waals surface area contributed by atoms with Crippen LogP contribution in [0.15, 0.2) is 42.5 Å². The monoisotopic (exact) mass is 525 g/mol. The topological polar surface area (TPSA) is 141 Å². The molecule has 1 saturated heterocycles. The van der Waals surface area contributed by atoms with E-state index in [0.29, 0.717) is 17.9 Å². The molecule has 2 aromatic carbocycles. The largest absolute Gasteiger partial charge is 0.395 e. The Morgan fingerprint density at radius 2 is 1.95 bits per heavy atom. The van der Waals surface area contributed by atoms with Crippen molar-refractivity contribution in [1.29, 1.82) is 0 Å². The average molecular weight is 526 g/mol. The number of rotatable bonds is 8. The Balaban J connectivity index is 1.84. The van der Waals surface area contributed by atoms with Crippen molar-refractivity contribution in [2.24, 2.45) is 5.73 Å². The number of aryl methyl sites for hydroxylation is 2. The zero-order valence-corrected chi connectivity index (χ0v) is 21.3. The molecular weight excluding hydrogens is 497 g/mol. The van der Waals surface area contributed by atoms with Crippen LogP contribution in [0.4, 0.5) is 15.8 Å². The first kappa shape index (κ1) is 26.2. The third-order valence-electron chi connectivity index (χ3n) is 6.21. The number of hydrogen-bond donors (Lipinski definition) is 3. The van der Waals surface area contributed by atoms with Gasteiger partial charge < -0.3 is 21.5 Å². The standard InChI is InChI=1S/C26H28FN5O4S/c1-14-5-10-19(15(2)12-14)32(26(35)23-20(28)21(24(29)33)31-37-23)22(16-6-8-17(27)9-7-16)25(34)30-13-18-4-3-11-36-18/h5-10,12,18,22H,3-4,11,13,28H2,1-2H3,(H2,29,33)(H,30,34)/t18-,22-/m1/s1. The molecule has 194 valence electrons. The number of carbonyl (C=O) groups excluding carboxylic acids is 3. The Bertz CT molecular complexity index is 1320. The van der Waals surface area contributed by atoms with E-state index in [-0.39, 0.29) is 28.9 Å². The molecule has 0 bridgehead atoms. The molecule has 0 radical (unpaired) electrons. The normalized spacial score (nSPS) is 15.8. The Morgan fingerprint density at radius 3 is 2.54 bits per heavy atom. The Kier molecular flexibility index (Phi) is 7.84. The average Bonchev–Trinajstić information content (AvgIpc) is 3.52. The summed E-state index contributed by atoms with van der Waals surface area (Å²) in [6.07, 6.45) is 1.59. The molecule has 37 heavy (non-hydrogen) atoms. The molecule has 0 unspecified atom stereocenters. The lowest BCUT2D eigenvalue weighted by atomic mass is 10.0. The number of ether oxygens (including phenoxy) is 1. The number of halogens is 1. The van der Waals surface area contributed by atoms with Crippen LogP contribution in [0, 0.1) is 19.7 Å². The fourth-order valence-corrected chi connectivity index (χ4v) is 5.10. The van der Waals surface area contributed by atoms with Gasteiger partial charge in [-0.25, -0.2) is 4.39 Å². The molecular formula is C26H28FN5O4S. The van der Waals surface area contributed by atoms with Crippen LogP contribution in [0.25, 0.3) is 0 Å². The summed E-state index contributed by atoms with van der Waals surface area (Å²) in [5.74, 6) is -2.47. The molecule has 2 heterocycles. The van der Waals surface area contributed by atoms with Gasteiger partial charge in [0.15, 0.2) is 5.69 Å². The first-order valence-electron chi connectivity index (χ1n) is 11.8. The second-order valence-electron chi connectivity index (χ2n) is 8.94. The summed E-state index contributed by atoms with van der Waals surface area (Å²) < 4.78 is 23.4. The Hall–Kier alpha value is -3.83. The maximum atomic E-state index is 14.1. The molecule has 11 heteroatoms. The summed E-state index contributed by atoms with van der Waals surface area (Å²) in [6, 6.07) is 9.62. The number of nitrogens with one attached hydrogen (secondary N) is 1. The van der Waals surface area contributed by atoms with Gasteiger partial charge in [0, 0.05) is 18.8 Å². The van der Waals surface area contributed by atoms with Gasteiger partial charge in [-0.2, -0.15) is 4.37 Å². The van der Waals surface area contributed by atoms with E-state index in [1.165, 1.54) is 29.2 Å². The number of hydrogen-bond acceptors (Lipinski definition) is 7. The van der Waals surface area contributed by atoms with Gasteiger partial charge in [-0.1, -0.05) is 29.8 Å². The van der Waals surface area contributed by atoms with Crippen LogP contribution in [0.1, 0.15) is 55.7 Å². The highest BCUT2D eigenvalue weighted by molar-refractivity contribution is 7.09. The number of primary amides is 1. The van der Waals surface area contributed by atoms with E-state index in [0.717, 1.165) is 35.5 Å². The van der Waals surface area contributed by atoms with Crippen LogP contribution < -0.4 is 21.7 Å². The first-order valence-corrected chi connectivity index (χ1v) is 12.5. The van der Waals surface area contributed by atoms with Crippen molar-refractivity contribution < 1.29 is 23.5 Å². The predicted molar refractivity (Wildman–Crippen MR) is 139 cm³/mol. The van der Waals surface area contributed by atoms with Crippen molar-refractivity contribution >= 4 is 40.6 Å².